The van der Waals surface area contributed by atoms with Crippen molar-refractivity contribution in [3.8, 4) is 18.1 Å². The molecular weight excluding hydrogens is 968 g/mol. The Labute approximate surface area is 404 Å². The van der Waals surface area contributed by atoms with Gasteiger partial charge in [-0.1, -0.05) is 6.92 Å². The third-order valence-electron chi connectivity index (χ3n) is 11.9. The molecule has 0 radical (unpaired) electrons. The van der Waals surface area contributed by atoms with E-state index < -0.39 is 191 Å². The third kappa shape index (κ3) is 14.2. The molecule has 4 saturated heterocycles. The van der Waals surface area contributed by atoms with Crippen LogP contribution in [0.1, 0.15) is 38.2 Å². The first-order valence-electron chi connectivity index (χ1n) is 22.5. The molecular formula is C43H63F2NO25. The van der Waals surface area contributed by atoms with Gasteiger partial charge in [0, 0.05) is 18.7 Å². The first-order valence-corrected chi connectivity index (χ1v) is 22.5. The maximum Gasteiger partial charge on any atom is 0.306 e. The number of aliphatic hydroxyl groups is 13. The van der Waals surface area contributed by atoms with Crippen molar-refractivity contribution in [2.24, 2.45) is 5.92 Å². The summed E-state index contributed by atoms with van der Waals surface area (Å²) in [6.45, 7) is -1.37. The van der Waals surface area contributed by atoms with Crippen LogP contribution in [0.15, 0.2) is 18.2 Å². The second kappa shape index (κ2) is 27.2. The van der Waals surface area contributed by atoms with Gasteiger partial charge < -0.3 is 119 Å². The van der Waals surface area contributed by atoms with Crippen molar-refractivity contribution in [2.75, 3.05) is 51.6 Å². The van der Waals surface area contributed by atoms with Crippen molar-refractivity contribution in [1.82, 2.24) is 0 Å². The van der Waals surface area contributed by atoms with E-state index in [4.69, 9.17) is 53.8 Å². The molecule has 4 fully saturated rings. The molecule has 404 valence electrons. The number of ether oxygens (including phenoxy) is 10. The zero-order chi connectivity index (χ0) is 52.3. The summed E-state index contributed by atoms with van der Waals surface area (Å²) in [5.74, 6) is -0.961. The van der Waals surface area contributed by atoms with Gasteiger partial charge in [0.15, 0.2) is 18.9 Å². The number of terminal acetylenes is 1. The summed E-state index contributed by atoms with van der Waals surface area (Å²) in [7, 11) is 0. The topological polar surface area (TPSA) is 401 Å². The van der Waals surface area contributed by atoms with E-state index >= 15 is 0 Å². The number of nitrogens with one attached hydrogen (secondary N) is 1. The van der Waals surface area contributed by atoms with Gasteiger partial charge in [0.05, 0.1) is 50.9 Å². The zero-order valence-electron chi connectivity index (χ0n) is 38.1. The minimum absolute atomic E-state index is 0.0635. The van der Waals surface area contributed by atoms with Crippen LogP contribution in [-0.2, 0) is 52.2 Å². The number of esters is 1. The Hall–Kier alpha value is -3.46. The molecule has 0 aliphatic carbocycles. The highest BCUT2D eigenvalue weighted by molar-refractivity contribution is 5.95. The number of amides is 1. The van der Waals surface area contributed by atoms with Crippen LogP contribution in [0.5, 0.6) is 5.75 Å². The van der Waals surface area contributed by atoms with E-state index in [2.05, 4.69) is 11.2 Å². The van der Waals surface area contributed by atoms with Gasteiger partial charge >= 0.3 is 5.97 Å². The number of alkyl halides is 2. The Balaban J connectivity index is 1.20. The van der Waals surface area contributed by atoms with Crippen LogP contribution in [0.3, 0.4) is 0 Å². The number of carbonyl (C=O) groups excluding carboxylic acids is 2. The number of hydrogen-bond acceptors (Lipinski definition) is 25. The Morgan fingerprint density at radius 1 is 0.648 bits per heavy atom. The molecule has 0 spiro atoms. The van der Waals surface area contributed by atoms with Crippen LogP contribution in [0.4, 0.5) is 14.5 Å². The molecule has 4 heterocycles. The predicted molar refractivity (Wildman–Crippen MR) is 226 cm³/mol. The lowest BCUT2D eigenvalue weighted by Gasteiger charge is -2.49. The number of carbonyl (C=O) groups is 2. The molecule has 0 saturated carbocycles. The number of hydrogen-bond donors (Lipinski definition) is 14. The quantitative estimate of drug-likeness (QED) is 0.0276. The van der Waals surface area contributed by atoms with E-state index in [0.29, 0.717) is 6.61 Å². The van der Waals surface area contributed by atoms with Gasteiger partial charge in [-0.3, -0.25) is 9.59 Å². The number of anilines is 1. The molecule has 4 aliphatic heterocycles. The largest absolute Gasteiger partial charge is 0.463 e. The van der Waals surface area contributed by atoms with Gasteiger partial charge in [0.1, 0.15) is 110 Å². The van der Waals surface area contributed by atoms with Gasteiger partial charge in [0.25, 0.3) is 6.43 Å². The van der Waals surface area contributed by atoms with E-state index in [0.717, 1.165) is 24.6 Å². The molecule has 21 atom stereocenters. The van der Waals surface area contributed by atoms with Crippen molar-refractivity contribution in [1.29, 1.82) is 0 Å². The SMILES string of the molecule is C#CCC(CC(=O)OCCOCCC)C(=O)Nc1ccc(O[C@@H]2OC(CO)[C@H](O[C@H]3OC(CO)[C@H](O[C@H]4OC(CO)[C@@H](O[C@H]5OC(CO)[C@@H](O)[C@H](O)C5O)[C@H](O)C4O)[C@H](O)C3O)[C@H](O)C2O)c(C(F)F)c1. The Bertz CT molecular complexity index is 1860. The molecule has 26 nitrogen and oxygen atoms in total. The first-order chi connectivity index (χ1) is 33.8. The van der Waals surface area contributed by atoms with Gasteiger partial charge in [-0.25, -0.2) is 8.78 Å². The van der Waals surface area contributed by atoms with Gasteiger partial charge in [-0.05, 0) is 24.6 Å². The van der Waals surface area contributed by atoms with Crippen molar-refractivity contribution in [3.63, 3.8) is 0 Å². The molecule has 71 heavy (non-hydrogen) atoms. The molecule has 14 N–H and O–H groups in total. The second-order valence-corrected chi connectivity index (χ2v) is 16.9. The molecule has 1 aromatic carbocycles. The summed E-state index contributed by atoms with van der Waals surface area (Å²) in [5.41, 5.74) is -1.00. The standard InChI is InChI=1S/C43H63F2NO25/c1-3-5-17(11-25(51)63-10-9-62-8-4-2)39(61)46-18-6-7-20(19(12-18)38(44)45)64-40-32(58)28(54)35(22(14-48)66-40)70-42-34(60)30(56)37(24(16-50)68-42)71-43-33(59)29(55)36(23(15-49)67-43)69-41-31(57)27(53)26(52)21(13-47)65-41/h1,6-7,12,17,21-24,26-38,40-43,47-50,52-60H,4-5,8-11,13-16H2,2H3,(H,46,61)/t17?,21?,22?,23?,24?,26-,27+,28-,29-,30-,31?,32?,33?,34?,35+,36-,37+,40-,41-,42-,43-/m1/s1. The van der Waals surface area contributed by atoms with Gasteiger partial charge in [-0.15, -0.1) is 12.3 Å². The maximum atomic E-state index is 14.4. The number of aliphatic hydroxyl groups excluding tert-OH is 13. The maximum absolute atomic E-state index is 14.4. The van der Waals surface area contributed by atoms with Crippen molar-refractivity contribution in [3.05, 3.63) is 23.8 Å². The smallest absolute Gasteiger partial charge is 0.306 e. The Morgan fingerprint density at radius 3 is 1.58 bits per heavy atom. The summed E-state index contributed by atoms with van der Waals surface area (Å²) < 4.78 is 83.6. The normalized spacial score (nSPS) is 38.0. The van der Waals surface area contributed by atoms with Crippen molar-refractivity contribution in [2.45, 2.75) is 155 Å². The summed E-state index contributed by atoms with van der Waals surface area (Å²) in [6, 6.07) is 2.96. The third-order valence-corrected chi connectivity index (χ3v) is 11.9. The lowest BCUT2D eigenvalue weighted by atomic mass is 9.95. The fraction of sp³-hybridized carbons (Fsp3) is 0.767. The van der Waals surface area contributed by atoms with Crippen LogP contribution in [0.2, 0.25) is 0 Å². The van der Waals surface area contributed by atoms with E-state index in [-0.39, 0.29) is 25.3 Å². The molecule has 5 rings (SSSR count). The highest BCUT2D eigenvalue weighted by Crippen LogP contribution is 2.37. The highest BCUT2D eigenvalue weighted by Gasteiger charge is 2.55. The van der Waals surface area contributed by atoms with Crippen LogP contribution in [0, 0.1) is 18.3 Å². The lowest BCUT2D eigenvalue weighted by molar-refractivity contribution is -0.387. The van der Waals surface area contributed by atoms with E-state index in [1.54, 1.807) is 0 Å². The van der Waals surface area contributed by atoms with E-state index in [1.807, 2.05) is 6.92 Å². The lowest BCUT2D eigenvalue weighted by Crippen LogP contribution is -2.67. The molecule has 1 aromatic rings. The van der Waals surface area contributed by atoms with E-state index in [9.17, 15) is 84.8 Å². The van der Waals surface area contributed by atoms with Crippen molar-refractivity contribution >= 4 is 17.6 Å². The first kappa shape index (κ1) is 58.4. The molecule has 9 unspecified atom stereocenters. The fourth-order valence-corrected chi connectivity index (χ4v) is 8.02. The van der Waals surface area contributed by atoms with Crippen LogP contribution >= 0.6 is 0 Å². The molecule has 0 bridgehead atoms. The predicted octanol–water partition coefficient (Wildman–Crippen LogP) is -5.79. The zero-order valence-corrected chi connectivity index (χ0v) is 38.1. The highest BCUT2D eigenvalue weighted by atomic mass is 19.3. The van der Waals surface area contributed by atoms with E-state index in [1.165, 1.54) is 0 Å². The monoisotopic (exact) mass is 1030 g/mol. The summed E-state index contributed by atoms with van der Waals surface area (Å²) >= 11 is 0. The fourth-order valence-electron chi connectivity index (χ4n) is 8.02. The minimum atomic E-state index is -3.27. The molecule has 1 amide bonds. The summed E-state index contributed by atoms with van der Waals surface area (Å²) in [4.78, 5) is 25.4. The number of rotatable bonds is 23. The Kier molecular flexibility index (Phi) is 22.4. The second-order valence-electron chi connectivity index (χ2n) is 16.9. The molecule has 28 heteroatoms. The average molecular weight is 1030 g/mol. The van der Waals surface area contributed by atoms with Gasteiger partial charge in [-0.2, -0.15) is 0 Å². The summed E-state index contributed by atoms with van der Waals surface area (Å²) in [6.07, 6.45) is -35.6. The van der Waals surface area contributed by atoms with Crippen molar-refractivity contribution < 1.29 is 132 Å². The van der Waals surface area contributed by atoms with Gasteiger partial charge in [0.2, 0.25) is 12.2 Å². The molecule has 4 aliphatic rings. The number of benzene rings is 1. The molecule has 0 aromatic heterocycles. The van der Waals surface area contributed by atoms with Crippen LogP contribution in [0.25, 0.3) is 0 Å². The average Bonchev–Trinajstić information content (AvgIpc) is 3.35. The van der Waals surface area contributed by atoms with Crippen LogP contribution < -0.4 is 10.1 Å². The van der Waals surface area contributed by atoms with Crippen LogP contribution in [-0.4, -0.2) is 247 Å². The minimum Gasteiger partial charge on any atom is -0.463 e. The Morgan fingerprint density at radius 2 is 1.11 bits per heavy atom. The summed E-state index contributed by atoms with van der Waals surface area (Å²) in [5, 5.41) is 140. The number of halogens is 2.